The molecule has 0 saturated carbocycles. The van der Waals surface area contributed by atoms with Gasteiger partial charge in [-0.15, -0.1) is 0 Å². The average Bonchev–Trinajstić information content (AvgIpc) is 2.46. The fourth-order valence-electron chi connectivity index (χ4n) is 0.962. The fraction of sp³-hybridized carbons (Fsp3) is 0.375. The molecule has 0 aliphatic carbocycles. The van der Waals surface area contributed by atoms with Crippen LogP contribution in [-0.4, -0.2) is 29.4 Å². The Morgan fingerprint density at radius 3 is 3.14 bits per heavy atom. The summed E-state index contributed by atoms with van der Waals surface area (Å²) in [6.45, 7) is -0.0541. The highest BCUT2D eigenvalue weighted by molar-refractivity contribution is 5.91. The van der Waals surface area contributed by atoms with E-state index in [4.69, 9.17) is 5.26 Å². The van der Waals surface area contributed by atoms with Crippen LogP contribution in [0.25, 0.3) is 0 Å². The summed E-state index contributed by atoms with van der Waals surface area (Å²) in [4.78, 5) is 11.1. The maximum atomic E-state index is 11.1. The Balaban J connectivity index is 2.76. The number of nitriles is 1. The maximum Gasteiger partial charge on any atom is 0.251 e. The first-order chi connectivity index (χ1) is 6.67. The minimum absolute atomic E-state index is 0.0541. The van der Waals surface area contributed by atoms with E-state index in [1.165, 1.54) is 18.0 Å². The van der Waals surface area contributed by atoms with Crippen molar-refractivity contribution < 1.29 is 9.53 Å². The summed E-state index contributed by atoms with van der Waals surface area (Å²) in [6, 6.07) is 1.92. The van der Waals surface area contributed by atoms with Gasteiger partial charge in [-0.1, -0.05) is 0 Å². The zero-order valence-electron chi connectivity index (χ0n) is 7.94. The molecule has 1 heterocycles. The number of carbonyl (C=O) groups is 1. The lowest BCUT2D eigenvalue weighted by molar-refractivity contribution is -0.119. The van der Waals surface area contributed by atoms with Gasteiger partial charge in [-0.2, -0.15) is 10.4 Å². The van der Waals surface area contributed by atoms with Crippen LogP contribution in [0.15, 0.2) is 6.20 Å². The Morgan fingerprint density at radius 1 is 1.86 bits per heavy atom. The van der Waals surface area contributed by atoms with E-state index in [9.17, 15) is 4.79 Å². The van der Waals surface area contributed by atoms with Crippen LogP contribution in [0.1, 0.15) is 5.56 Å². The zero-order valence-corrected chi connectivity index (χ0v) is 7.94. The number of aryl methyl sites for hydroxylation is 1. The number of aromatic nitrogens is 2. The standard InChI is InChI=1S/C8H10N4O2/c1-12-4-6(3-9)8(11-12)10-7(13)5-14-2/h4H,5H2,1-2H3,(H,10,11,13). The number of nitrogens with zero attached hydrogens (tertiary/aromatic N) is 3. The Kier molecular flexibility index (Phi) is 3.20. The molecule has 6 nitrogen and oxygen atoms in total. The molecule has 1 aromatic rings. The number of amides is 1. The van der Waals surface area contributed by atoms with Gasteiger partial charge in [-0.25, -0.2) is 0 Å². The number of hydrogen-bond donors (Lipinski definition) is 1. The normalized spacial score (nSPS) is 9.50. The molecule has 0 saturated heterocycles. The van der Waals surface area contributed by atoms with E-state index in [-0.39, 0.29) is 18.3 Å². The minimum atomic E-state index is -0.331. The molecule has 1 rings (SSSR count). The molecule has 0 atom stereocenters. The monoisotopic (exact) mass is 194 g/mol. The van der Waals surface area contributed by atoms with Gasteiger partial charge in [0.1, 0.15) is 18.2 Å². The largest absolute Gasteiger partial charge is 0.375 e. The van der Waals surface area contributed by atoms with Gasteiger partial charge in [-0.05, 0) is 0 Å². The second-order valence-corrected chi connectivity index (χ2v) is 2.66. The smallest absolute Gasteiger partial charge is 0.251 e. The second kappa shape index (κ2) is 4.39. The molecule has 0 aliphatic rings. The summed E-state index contributed by atoms with van der Waals surface area (Å²) in [5, 5.41) is 15.1. The van der Waals surface area contributed by atoms with Gasteiger partial charge in [0.15, 0.2) is 5.82 Å². The van der Waals surface area contributed by atoms with E-state index >= 15 is 0 Å². The molecular formula is C8H10N4O2. The van der Waals surface area contributed by atoms with E-state index in [0.29, 0.717) is 5.56 Å². The maximum absolute atomic E-state index is 11.1. The number of nitrogens with one attached hydrogen (secondary N) is 1. The van der Waals surface area contributed by atoms with Crippen molar-refractivity contribution in [3.63, 3.8) is 0 Å². The summed E-state index contributed by atoms with van der Waals surface area (Å²) in [6.07, 6.45) is 1.53. The van der Waals surface area contributed by atoms with E-state index in [2.05, 4.69) is 15.2 Å². The lowest BCUT2D eigenvalue weighted by atomic mass is 10.3. The molecule has 0 aliphatic heterocycles. The minimum Gasteiger partial charge on any atom is -0.375 e. The van der Waals surface area contributed by atoms with E-state index in [1.54, 1.807) is 7.05 Å². The predicted molar refractivity (Wildman–Crippen MR) is 48.4 cm³/mol. The summed E-state index contributed by atoms with van der Waals surface area (Å²) in [5.74, 6) is -0.0697. The molecule has 0 fully saturated rings. The summed E-state index contributed by atoms with van der Waals surface area (Å²) < 4.78 is 6.09. The Bertz CT molecular complexity index is 377. The third-order valence-electron chi connectivity index (χ3n) is 1.48. The van der Waals surface area contributed by atoms with Crippen molar-refractivity contribution in [1.82, 2.24) is 9.78 Å². The van der Waals surface area contributed by atoms with Crippen molar-refractivity contribution in [2.75, 3.05) is 19.0 Å². The summed E-state index contributed by atoms with van der Waals surface area (Å²) >= 11 is 0. The summed E-state index contributed by atoms with van der Waals surface area (Å²) in [5.41, 5.74) is 0.331. The first kappa shape index (κ1) is 10.2. The van der Waals surface area contributed by atoms with E-state index in [0.717, 1.165) is 0 Å². The Morgan fingerprint density at radius 2 is 2.57 bits per heavy atom. The summed E-state index contributed by atoms with van der Waals surface area (Å²) in [7, 11) is 3.09. The van der Waals surface area contributed by atoms with Crippen LogP contribution >= 0.6 is 0 Å². The van der Waals surface area contributed by atoms with Crippen LogP contribution in [0.3, 0.4) is 0 Å². The number of methoxy groups -OCH3 is 1. The number of hydrogen-bond acceptors (Lipinski definition) is 4. The molecule has 1 N–H and O–H groups in total. The highest BCUT2D eigenvalue weighted by Gasteiger charge is 2.09. The number of anilines is 1. The molecule has 1 amide bonds. The van der Waals surface area contributed by atoms with Gasteiger partial charge in [0.2, 0.25) is 0 Å². The molecule has 1 aromatic heterocycles. The lowest BCUT2D eigenvalue weighted by Crippen LogP contribution is -2.18. The van der Waals surface area contributed by atoms with E-state index < -0.39 is 0 Å². The van der Waals surface area contributed by atoms with Crippen LogP contribution in [0.5, 0.6) is 0 Å². The number of ether oxygens (including phenoxy) is 1. The van der Waals surface area contributed by atoms with Gasteiger partial charge in [0.05, 0.1) is 0 Å². The van der Waals surface area contributed by atoms with Crippen LogP contribution in [0, 0.1) is 11.3 Å². The first-order valence-electron chi connectivity index (χ1n) is 3.90. The molecule has 0 spiro atoms. The second-order valence-electron chi connectivity index (χ2n) is 2.66. The van der Waals surface area contributed by atoms with Crippen molar-refractivity contribution in [3.05, 3.63) is 11.8 Å². The van der Waals surface area contributed by atoms with Gasteiger partial charge >= 0.3 is 0 Å². The third kappa shape index (κ3) is 2.31. The molecule has 6 heteroatoms. The highest BCUT2D eigenvalue weighted by atomic mass is 16.5. The lowest BCUT2D eigenvalue weighted by Gasteiger charge is -1.99. The fourth-order valence-corrected chi connectivity index (χ4v) is 0.962. The molecule has 0 radical (unpaired) electrons. The first-order valence-corrected chi connectivity index (χ1v) is 3.90. The zero-order chi connectivity index (χ0) is 10.6. The molecular weight excluding hydrogens is 184 g/mol. The van der Waals surface area contributed by atoms with Crippen molar-refractivity contribution in [2.45, 2.75) is 0 Å². The van der Waals surface area contributed by atoms with Crippen molar-refractivity contribution in [3.8, 4) is 6.07 Å². The number of carbonyl (C=O) groups excluding carboxylic acids is 1. The third-order valence-corrected chi connectivity index (χ3v) is 1.48. The van der Waals surface area contributed by atoms with Gasteiger partial charge in [0, 0.05) is 20.4 Å². The molecule has 0 aromatic carbocycles. The van der Waals surface area contributed by atoms with E-state index in [1.807, 2.05) is 6.07 Å². The average molecular weight is 194 g/mol. The van der Waals surface area contributed by atoms with Crippen LogP contribution in [0.2, 0.25) is 0 Å². The SMILES string of the molecule is COCC(=O)Nc1nn(C)cc1C#N. The Labute approximate surface area is 81.1 Å². The molecule has 14 heavy (non-hydrogen) atoms. The van der Waals surface area contributed by atoms with Gasteiger partial charge in [-0.3, -0.25) is 9.48 Å². The van der Waals surface area contributed by atoms with Crippen LogP contribution in [-0.2, 0) is 16.6 Å². The van der Waals surface area contributed by atoms with Crippen molar-refractivity contribution in [2.24, 2.45) is 7.05 Å². The van der Waals surface area contributed by atoms with Crippen LogP contribution in [0.4, 0.5) is 5.82 Å². The molecule has 0 unspecified atom stereocenters. The van der Waals surface area contributed by atoms with Crippen molar-refractivity contribution in [1.29, 1.82) is 5.26 Å². The van der Waals surface area contributed by atoms with Gasteiger partial charge in [0.25, 0.3) is 5.91 Å². The topological polar surface area (TPSA) is 79.9 Å². The Hall–Kier alpha value is -1.87. The van der Waals surface area contributed by atoms with Gasteiger partial charge < -0.3 is 10.1 Å². The van der Waals surface area contributed by atoms with Crippen LogP contribution < -0.4 is 5.32 Å². The molecule has 0 bridgehead atoms. The number of rotatable bonds is 3. The van der Waals surface area contributed by atoms with Crippen molar-refractivity contribution >= 4 is 11.7 Å². The molecule has 74 valence electrons. The quantitative estimate of drug-likeness (QED) is 0.727. The predicted octanol–water partition coefficient (Wildman–Crippen LogP) is -0.123. The highest BCUT2D eigenvalue weighted by Crippen LogP contribution is 2.10.